The minimum absolute atomic E-state index is 1.24. The van der Waals surface area contributed by atoms with Crippen LogP contribution in [0.25, 0.3) is 71.1 Å². The van der Waals surface area contributed by atoms with Gasteiger partial charge < -0.3 is 4.40 Å². The van der Waals surface area contributed by atoms with Crippen LogP contribution in [0.3, 0.4) is 0 Å². The first-order valence-electron chi connectivity index (χ1n) is 12.1. The first-order valence-corrected chi connectivity index (χ1v) is 12.1. The van der Waals surface area contributed by atoms with Crippen LogP contribution in [0.5, 0.6) is 0 Å². The summed E-state index contributed by atoms with van der Waals surface area (Å²) in [5.74, 6) is 0. The zero-order valence-electron chi connectivity index (χ0n) is 19.1. The topological polar surface area (TPSA) is 4.41 Å². The monoisotopic (exact) mass is 443 g/mol. The van der Waals surface area contributed by atoms with Crippen molar-refractivity contribution in [1.29, 1.82) is 0 Å². The van der Waals surface area contributed by atoms with Gasteiger partial charge in [0, 0.05) is 21.5 Å². The first kappa shape index (κ1) is 18.8. The molecular formula is C34H21N. The number of fused-ring (bicyclic) bond motifs is 7. The molecule has 0 amide bonds. The highest BCUT2D eigenvalue weighted by atomic mass is 14.9. The lowest BCUT2D eigenvalue weighted by Crippen LogP contribution is -1.82. The summed E-state index contributed by atoms with van der Waals surface area (Å²) in [6.45, 7) is 0. The average Bonchev–Trinajstić information content (AvgIpc) is 3.43. The molecule has 1 nitrogen and oxygen atoms in total. The molecule has 8 rings (SSSR count). The summed E-state index contributed by atoms with van der Waals surface area (Å²) in [5, 5.41) is 7.82. The Kier molecular flexibility index (Phi) is 3.72. The number of rotatable bonds is 2. The van der Waals surface area contributed by atoms with Crippen molar-refractivity contribution in [1.82, 2.24) is 4.40 Å². The molecule has 0 spiro atoms. The number of benzene rings is 6. The second-order valence-electron chi connectivity index (χ2n) is 9.44. The molecule has 0 unspecified atom stereocenters. The molecule has 1 heteroatoms. The lowest BCUT2D eigenvalue weighted by atomic mass is 9.96. The molecule has 162 valence electrons. The minimum atomic E-state index is 1.24. The van der Waals surface area contributed by atoms with E-state index in [1.54, 1.807) is 0 Å². The van der Waals surface area contributed by atoms with Crippen molar-refractivity contribution in [3.63, 3.8) is 0 Å². The normalized spacial score (nSPS) is 12.0. The average molecular weight is 444 g/mol. The van der Waals surface area contributed by atoms with E-state index in [0.29, 0.717) is 0 Å². The van der Waals surface area contributed by atoms with Crippen molar-refractivity contribution in [3.8, 4) is 22.3 Å². The summed E-state index contributed by atoms with van der Waals surface area (Å²) in [5.41, 5.74) is 8.86. The predicted octanol–water partition coefficient (Wildman–Crippen LogP) is 9.32. The highest BCUT2D eigenvalue weighted by molar-refractivity contribution is 6.25. The molecule has 0 aliphatic carbocycles. The number of aromatic nitrogens is 1. The van der Waals surface area contributed by atoms with Gasteiger partial charge in [-0.2, -0.15) is 0 Å². The van der Waals surface area contributed by atoms with E-state index in [1.165, 1.54) is 71.1 Å². The van der Waals surface area contributed by atoms with E-state index in [9.17, 15) is 0 Å². The van der Waals surface area contributed by atoms with Gasteiger partial charge in [0.2, 0.25) is 0 Å². The molecular weight excluding hydrogens is 422 g/mol. The molecule has 2 heterocycles. The van der Waals surface area contributed by atoms with E-state index >= 15 is 0 Å². The van der Waals surface area contributed by atoms with Crippen molar-refractivity contribution < 1.29 is 0 Å². The Morgan fingerprint density at radius 1 is 0.343 bits per heavy atom. The molecule has 0 N–H and O–H groups in total. The molecule has 2 aromatic heterocycles. The highest BCUT2D eigenvalue weighted by Gasteiger charge is 2.19. The fraction of sp³-hybridized carbons (Fsp3) is 0. The third-order valence-corrected chi connectivity index (χ3v) is 7.47. The van der Waals surface area contributed by atoms with Crippen LogP contribution in [-0.2, 0) is 0 Å². The van der Waals surface area contributed by atoms with Crippen molar-refractivity contribution in [3.05, 3.63) is 127 Å². The van der Waals surface area contributed by atoms with E-state index < -0.39 is 0 Å². The van der Waals surface area contributed by atoms with Crippen LogP contribution in [0, 0.1) is 0 Å². The van der Waals surface area contributed by atoms with E-state index in [0.717, 1.165) is 0 Å². The summed E-state index contributed by atoms with van der Waals surface area (Å²) in [7, 11) is 0. The van der Waals surface area contributed by atoms with Gasteiger partial charge in [-0.05, 0) is 69.4 Å². The third-order valence-electron chi connectivity index (χ3n) is 7.47. The first-order chi connectivity index (χ1) is 17.3. The predicted molar refractivity (Wildman–Crippen MR) is 149 cm³/mol. The standard InChI is InChI=1S/C34H21N/c1-2-9-22(10-3-1)23-13-8-14-24(17-23)27-19-30-28-15-6-7-16-32(28)35-33-21-26-12-5-4-11-25(26)18-29(33)31(20-27)34(30)35/h1-21H. The van der Waals surface area contributed by atoms with Crippen LogP contribution in [0.2, 0.25) is 0 Å². The molecule has 0 radical (unpaired) electrons. The lowest BCUT2D eigenvalue weighted by molar-refractivity contribution is 1.37. The van der Waals surface area contributed by atoms with Crippen LogP contribution in [0.1, 0.15) is 0 Å². The van der Waals surface area contributed by atoms with Crippen molar-refractivity contribution in [2.45, 2.75) is 0 Å². The SMILES string of the molecule is c1ccc(-c2cccc(-c3cc4c5ccccc5n5c6cc7ccccc7cc6c(c3)c45)c2)cc1. The van der Waals surface area contributed by atoms with E-state index in [1.807, 2.05) is 0 Å². The lowest BCUT2D eigenvalue weighted by Gasteiger charge is -2.08. The quantitative estimate of drug-likeness (QED) is 0.251. The van der Waals surface area contributed by atoms with Gasteiger partial charge in [-0.3, -0.25) is 0 Å². The molecule has 0 fully saturated rings. The van der Waals surface area contributed by atoms with Crippen molar-refractivity contribution in [2.75, 3.05) is 0 Å². The summed E-state index contributed by atoms with van der Waals surface area (Å²) in [6, 6.07) is 46.5. The van der Waals surface area contributed by atoms with Crippen LogP contribution >= 0.6 is 0 Å². The number of hydrogen-bond donors (Lipinski definition) is 0. The molecule has 6 aromatic carbocycles. The van der Waals surface area contributed by atoms with Gasteiger partial charge in [0.15, 0.2) is 0 Å². The summed E-state index contributed by atoms with van der Waals surface area (Å²) in [4.78, 5) is 0. The Bertz CT molecular complexity index is 2040. The Labute approximate surface area is 202 Å². The smallest absolute Gasteiger partial charge is 0.0620 e. The molecule has 0 aliphatic rings. The van der Waals surface area contributed by atoms with Crippen LogP contribution < -0.4 is 0 Å². The zero-order chi connectivity index (χ0) is 22.9. The zero-order valence-corrected chi connectivity index (χ0v) is 19.1. The second-order valence-corrected chi connectivity index (χ2v) is 9.44. The van der Waals surface area contributed by atoms with Gasteiger partial charge >= 0.3 is 0 Å². The Morgan fingerprint density at radius 3 is 1.80 bits per heavy atom. The molecule has 0 saturated carbocycles. The third kappa shape index (κ3) is 2.64. The van der Waals surface area contributed by atoms with E-state index in [2.05, 4.69) is 132 Å². The Hall–Kier alpha value is -4.62. The van der Waals surface area contributed by atoms with E-state index in [-0.39, 0.29) is 0 Å². The number of hydrogen-bond acceptors (Lipinski definition) is 0. The molecule has 0 atom stereocenters. The molecule has 0 saturated heterocycles. The molecule has 0 bridgehead atoms. The highest BCUT2D eigenvalue weighted by Crippen LogP contribution is 2.42. The second kappa shape index (κ2) is 6.94. The summed E-state index contributed by atoms with van der Waals surface area (Å²) >= 11 is 0. The number of nitrogens with zero attached hydrogens (tertiary/aromatic N) is 1. The fourth-order valence-electron chi connectivity index (χ4n) is 5.86. The van der Waals surface area contributed by atoms with Crippen LogP contribution in [0.4, 0.5) is 0 Å². The Morgan fingerprint density at radius 2 is 0.971 bits per heavy atom. The van der Waals surface area contributed by atoms with Gasteiger partial charge in [0.1, 0.15) is 0 Å². The maximum Gasteiger partial charge on any atom is 0.0620 e. The fourth-order valence-corrected chi connectivity index (χ4v) is 5.86. The molecule has 35 heavy (non-hydrogen) atoms. The van der Waals surface area contributed by atoms with Crippen LogP contribution in [-0.4, -0.2) is 4.40 Å². The van der Waals surface area contributed by atoms with Gasteiger partial charge in [-0.25, -0.2) is 0 Å². The van der Waals surface area contributed by atoms with Gasteiger partial charge in [0.05, 0.1) is 16.6 Å². The minimum Gasteiger partial charge on any atom is -0.308 e. The van der Waals surface area contributed by atoms with E-state index in [4.69, 9.17) is 0 Å². The van der Waals surface area contributed by atoms with Gasteiger partial charge in [0.25, 0.3) is 0 Å². The maximum atomic E-state index is 2.46. The van der Waals surface area contributed by atoms with Gasteiger partial charge in [-0.15, -0.1) is 0 Å². The van der Waals surface area contributed by atoms with Crippen LogP contribution in [0.15, 0.2) is 127 Å². The summed E-state index contributed by atoms with van der Waals surface area (Å²) in [6.07, 6.45) is 0. The Balaban J connectivity index is 1.50. The summed E-state index contributed by atoms with van der Waals surface area (Å²) < 4.78 is 2.46. The van der Waals surface area contributed by atoms with Crippen molar-refractivity contribution >= 4 is 48.9 Å². The van der Waals surface area contributed by atoms with Gasteiger partial charge in [-0.1, -0.05) is 91.0 Å². The largest absolute Gasteiger partial charge is 0.308 e. The molecule has 0 aliphatic heterocycles. The number of para-hydroxylation sites is 1. The molecule has 8 aromatic rings. The maximum absolute atomic E-state index is 2.46. The van der Waals surface area contributed by atoms with Crippen molar-refractivity contribution in [2.24, 2.45) is 0 Å².